The molecule has 88 heavy (non-hydrogen) atoms. The second kappa shape index (κ2) is 20.2. The smallest absolute Gasteiger partial charge is 0.0991 e. The quantitative estimate of drug-likeness (QED) is 0.143. The third kappa shape index (κ3) is 7.31. The van der Waals surface area contributed by atoms with Crippen molar-refractivity contribution in [3.8, 4) is 46.5 Å². The number of fused-ring (bicyclic) bond motifs is 14. The fourth-order valence-electron chi connectivity index (χ4n) is 15.0. The standard InChI is InChI=1S/C82H48N6/c83-49-53-27-37-61(38-28-53)87(62-39-29-54(50-84)30-40-62)75-47-73-79(69-25-13-11-23-67(69)75)77-65-21-9-7-15-57(65)35-45-71(77)81(73,59-17-3-1-4-18-59)82(60-19-5-2-6-20-60)72-46-36-58-16-8-10-22-66(58)78(72)80-70-26-14-12-24-68(70)76(48-74(80)82)88(63-41-31-55(51-85)32-42-63)64-43-33-56(52-86)34-44-64/h1-48H. The summed E-state index contributed by atoms with van der Waals surface area (Å²) < 4.78 is 0. The third-order valence-corrected chi connectivity index (χ3v) is 18.5. The minimum atomic E-state index is -1.13. The van der Waals surface area contributed by atoms with Crippen molar-refractivity contribution in [3.05, 3.63) is 347 Å². The molecule has 0 saturated carbocycles. The van der Waals surface area contributed by atoms with Gasteiger partial charge in [-0.05, 0) is 197 Å². The van der Waals surface area contributed by atoms with Crippen molar-refractivity contribution in [1.29, 1.82) is 21.0 Å². The summed E-state index contributed by atoms with van der Waals surface area (Å²) in [5.41, 5.74) is 16.5. The van der Waals surface area contributed by atoms with E-state index in [9.17, 15) is 21.0 Å². The topological polar surface area (TPSA) is 102 Å². The van der Waals surface area contributed by atoms with Crippen LogP contribution in [0.3, 0.4) is 0 Å². The first kappa shape index (κ1) is 51.3. The SMILES string of the molecule is N#Cc1ccc(N(c2ccc(C#N)cc2)c2cc3c(c4ccccc24)-c2c(ccc4ccccc24)C3(c2ccccc2)C2(c3ccccc3)c3ccc4ccccc4c3-c3c2cc(N(c2ccc(C#N)cc2)c2ccc(C#N)cc2)c2ccccc32)cc1. The average molecular weight is 1120 g/mol. The Kier molecular flexibility index (Phi) is 11.8. The molecule has 0 fully saturated rings. The molecule has 0 bridgehead atoms. The van der Waals surface area contributed by atoms with Crippen molar-refractivity contribution >= 4 is 77.2 Å². The van der Waals surface area contributed by atoms with Gasteiger partial charge in [-0.15, -0.1) is 0 Å². The van der Waals surface area contributed by atoms with Crippen molar-refractivity contribution < 1.29 is 0 Å². The van der Waals surface area contributed by atoms with E-state index in [0.717, 1.165) is 133 Å². The minimum absolute atomic E-state index is 0.549. The number of nitriles is 4. The molecule has 0 saturated heterocycles. The lowest BCUT2D eigenvalue weighted by Crippen LogP contribution is -2.50. The summed E-state index contributed by atoms with van der Waals surface area (Å²) in [7, 11) is 0. The maximum atomic E-state index is 10.2. The van der Waals surface area contributed by atoms with E-state index in [1.54, 1.807) is 0 Å². The zero-order valence-corrected chi connectivity index (χ0v) is 47.4. The molecule has 0 amide bonds. The fraction of sp³-hybridized carbons (Fsp3) is 0.0244. The molecule has 0 aliphatic heterocycles. The molecule has 2 aliphatic rings. The number of hydrogen-bond donors (Lipinski definition) is 0. The van der Waals surface area contributed by atoms with E-state index in [1.165, 1.54) is 0 Å². The van der Waals surface area contributed by atoms with Crippen LogP contribution in [0.4, 0.5) is 34.1 Å². The van der Waals surface area contributed by atoms with Crippen LogP contribution < -0.4 is 9.80 Å². The van der Waals surface area contributed by atoms with Crippen molar-refractivity contribution in [2.75, 3.05) is 9.80 Å². The van der Waals surface area contributed by atoms with E-state index in [4.69, 9.17) is 0 Å². The molecule has 406 valence electrons. The second-order valence-corrected chi connectivity index (χ2v) is 22.7. The van der Waals surface area contributed by atoms with Gasteiger partial charge in [0.15, 0.2) is 0 Å². The summed E-state index contributed by atoms with van der Waals surface area (Å²) in [5, 5.41) is 49.5. The summed E-state index contributed by atoms with van der Waals surface area (Å²) >= 11 is 0. The molecule has 0 heterocycles. The van der Waals surface area contributed by atoms with Gasteiger partial charge in [-0.3, -0.25) is 0 Å². The molecule has 2 aliphatic carbocycles. The predicted octanol–water partition coefficient (Wildman–Crippen LogP) is 20.1. The van der Waals surface area contributed by atoms with Gasteiger partial charge in [0.2, 0.25) is 0 Å². The van der Waals surface area contributed by atoms with Gasteiger partial charge < -0.3 is 9.80 Å². The van der Waals surface area contributed by atoms with E-state index >= 15 is 0 Å². The molecule has 0 aromatic heterocycles. The zero-order chi connectivity index (χ0) is 59.1. The Morgan fingerprint density at radius 3 is 0.830 bits per heavy atom. The van der Waals surface area contributed by atoms with Crippen LogP contribution in [-0.4, -0.2) is 0 Å². The van der Waals surface area contributed by atoms with Crippen molar-refractivity contribution in [1.82, 2.24) is 0 Å². The van der Waals surface area contributed by atoms with Crippen LogP contribution in [-0.2, 0) is 10.8 Å². The Labute approximate surface area is 509 Å². The van der Waals surface area contributed by atoms with Gasteiger partial charge in [0.1, 0.15) is 0 Å². The van der Waals surface area contributed by atoms with Crippen LogP contribution in [0, 0.1) is 45.3 Å². The second-order valence-electron chi connectivity index (χ2n) is 22.7. The normalized spacial score (nSPS) is 15.1. The monoisotopic (exact) mass is 1120 g/mol. The molecule has 6 nitrogen and oxygen atoms in total. The molecule has 0 N–H and O–H groups in total. The first-order chi connectivity index (χ1) is 43.5. The van der Waals surface area contributed by atoms with Gasteiger partial charge >= 0.3 is 0 Å². The van der Waals surface area contributed by atoms with Crippen molar-refractivity contribution in [3.63, 3.8) is 0 Å². The molecule has 0 spiro atoms. The van der Waals surface area contributed by atoms with E-state index < -0.39 is 10.8 Å². The Morgan fingerprint density at radius 1 is 0.239 bits per heavy atom. The summed E-state index contributed by atoms with van der Waals surface area (Å²) in [4.78, 5) is 4.58. The summed E-state index contributed by atoms with van der Waals surface area (Å²) in [6.45, 7) is 0. The van der Waals surface area contributed by atoms with Crippen LogP contribution in [0.5, 0.6) is 0 Å². The van der Waals surface area contributed by atoms with Gasteiger partial charge in [-0.25, -0.2) is 0 Å². The highest BCUT2D eigenvalue weighted by Crippen LogP contribution is 2.73. The van der Waals surface area contributed by atoms with Gasteiger partial charge in [-0.2, -0.15) is 21.0 Å². The lowest BCUT2D eigenvalue weighted by atomic mass is 9.49. The van der Waals surface area contributed by atoms with Crippen molar-refractivity contribution in [2.45, 2.75) is 10.8 Å². The van der Waals surface area contributed by atoms with Crippen LogP contribution in [0.15, 0.2) is 291 Å². The van der Waals surface area contributed by atoms with Crippen LogP contribution >= 0.6 is 0 Å². The average Bonchev–Trinajstić information content (AvgIpc) is 1.45. The van der Waals surface area contributed by atoms with E-state index in [2.05, 4.69) is 228 Å². The van der Waals surface area contributed by atoms with E-state index in [0.29, 0.717) is 22.3 Å². The highest BCUT2D eigenvalue weighted by atomic mass is 15.2. The maximum Gasteiger partial charge on any atom is 0.0991 e. The van der Waals surface area contributed by atoms with Gasteiger partial charge in [0.05, 0.1) is 68.7 Å². The molecule has 2 unspecified atom stereocenters. The number of anilines is 6. The van der Waals surface area contributed by atoms with Crippen LogP contribution in [0.2, 0.25) is 0 Å². The Bertz CT molecular complexity index is 4910. The number of rotatable bonds is 9. The number of nitrogens with zero attached hydrogens (tertiary/aromatic N) is 6. The fourth-order valence-corrected chi connectivity index (χ4v) is 15.0. The molecule has 6 heteroatoms. The maximum absolute atomic E-state index is 10.2. The Balaban J connectivity index is 1.16. The molecule has 2 atom stereocenters. The highest BCUT2D eigenvalue weighted by molar-refractivity contribution is 6.19. The van der Waals surface area contributed by atoms with Crippen LogP contribution in [0.25, 0.3) is 65.3 Å². The summed E-state index contributed by atoms with van der Waals surface area (Å²) in [6, 6.07) is 113. The van der Waals surface area contributed by atoms with Crippen molar-refractivity contribution in [2.24, 2.45) is 0 Å². The van der Waals surface area contributed by atoms with E-state index in [-0.39, 0.29) is 0 Å². The molecule has 0 radical (unpaired) electrons. The molecular weight excluding hydrogens is 1070 g/mol. The lowest BCUT2D eigenvalue weighted by molar-refractivity contribution is 0.438. The third-order valence-electron chi connectivity index (χ3n) is 18.5. The first-order valence-electron chi connectivity index (χ1n) is 29.4. The van der Waals surface area contributed by atoms with Crippen LogP contribution in [0.1, 0.15) is 55.6 Å². The number of benzene rings is 14. The molecule has 14 aromatic carbocycles. The largest absolute Gasteiger partial charge is 0.310 e. The van der Waals surface area contributed by atoms with E-state index in [1.807, 2.05) is 97.1 Å². The Morgan fingerprint density at radius 2 is 0.511 bits per heavy atom. The first-order valence-corrected chi connectivity index (χ1v) is 29.4. The zero-order valence-electron chi connectivity index (χ0n) is 47.4. The molecule has 14 aromatic rings. The molecular formula is C82H48N6. The van der Waals surface area contributed by atoms with Gasteiger partial charge in [0, 0.05) is 33.5 Å². The number of hydrogen-bond acceptors (Lipinski definition) is 6. The van der Waals surface area contributed by atoms with Gasteiger partial charge in [-0.1, -0.05) is 182 Å². The Hall–Kier alpha value is -12.3. The van der Waals surface area contributed by atoms with Gasteiger partial charge in [0.25, 0.3) is 0 Å². The highest BCUT2D eigenvalue weighted by Gasteiger charge is 2.65. The predicted molar refractivity (Wildman–Crippen MR) is 355 cm³/mol. The molecule has 16 rings (SSSR count). The minimum Gasteiger partial charge on any atom is -0.310 e. The summed E-state index contributed by atoms with van der Waals surface area (Å²) in [5.74, 6) is 0. The lowest BCUT2D eigenvalue weighted by Gasteiger charge is -2.51. The summed E-state index contributed by atoms with van der Waals surface area (Å²) in [6.07, 6.45) is 0.